The van der Waals surface area contributed by atoms with Crippen LogP contribution in [0.2, 0.25) is 0 Å². The molecule has 0 aliphatic carbocycles. The van der Waals surface area contributed by atoms with Gasteiger partial charge in [0.1, 0.15) is 11.3 Å². The smallest absolute Gasteiger partial charge is 0.259 e. The van der Waals surface area contributed by atoms with Gasteiger partial charge in [0.25, 0.3) is 5.91 Å². The average Bonchev–Trinajstić information content (AvgIpc) is 3.32. The molecule has 0 spiro atoms. The second kappa shape index (κ2) is 7.77. The lowest BCUT2D eigenvalue weighted by Crippen LogP contribution is -2.57. The summed E-state index contributed by atoms with van der Waals surface area (Å²) in [4.78, 5) is 33.5. The summed E-state index contributed by atoms with van der Waals surface area (Å²) in [5.41, 5.74) is 1.23. The molecule has 0 radical (unpaired) electrons. The van der Waals surface area contributed by atoms with Crippen LogP contribution in [-0.4, -0.2) is 62.0 Å². The van der Waals surface area contributed by atoms with Crippen LogP contribution in [0.3, 0.4) is 0 Å². The first-order valence-corrected chi connectivity index (χ1v) is 10.0. The number of aromatic nitrogens is 3. The van der Waals surface area contributed by atoms with Crippen molar-refractivity contribution in [3.63, 3.8) is 0 Å². The second-order valence-electron chi connectivity index (χ2n) is 7.85. The van der Waals surface area contributed by atoms with Crippen molar-refractivity contribution in [2.24, 2.45) is 5.92 Å². The van der Waals surface area contributed by atoms with Crippen LogP contribution in [0.15, 0.2) is 23.2 Å². The third kappa shape index (κ3) is 3.55. The number of nitrogens with zero attached hydrogens (tertiary/aromatic N) is 5. The highest BCUT2D eigenvalue weighted by atomic mass is 16.5. The molecule has 2 atom stereocenters. The lowest BCUT2D eigenvalue weighted by Gasteiger charge is -2.47. The molecule has 4 rings (SSSR count). The molecule has 0 saturated carbocycles. The number of piperidine rings is 2. The fourth-order valence-corrected chi connectivity index (χ4v) is 4.62. The first-order chi connectivity index (χ1) is 13.5. The summed E-state index contributed by atoms with van der Waals surface area (Å²) in [6.45, 7) is 6.56. The predicted molar refractivity (Wildman–Crippen MR) is 102 cm³/mol. The minimum Gasteiger partial charge on any atom is -0.361 e. The van der Waals surface area contributed by atoms with Crippen LogP contribution in [0.25, 0.3) is 0 Å². The second-order valence-corrected chi connectivity index (χ2v) is 7.85. The summed E-state index contributed by atoms with van der Waals surface area (Å²) in [7, 11) is 0. The SMILES string of the molecule is Cc1noc(C)c1C(=O)N1CC[C@@H]2[C@@H](CCC(=O)N2CCCn2ccnc2)C1. The largest absolute Gasteiger partial charge is 0.361 e. The normalized spacial score (nSPS) is 22.4. The molecule has 0 aromatic carbocycles. The number of hydrogen-bond acceptors (Lipinski definition) is 5. The van der Waals surface area contributed by atoms with E-state index in [4.69, 9.17) is 4.52 Å². The van der Waals surface area contributed by atoms with Crippen molar-refractivity contribution < 1.29 is 14.1 Å². The van der Waals surface area contributed by atoms with Gasteiger partial charge in [-0.1, -0.05) is 5.16 Å². The monoisotopic (exact) mass is 385 g/mol. The van der Waals surface area contributed by atoms with Crippen molar-refractivity contribution in [1.82, 2.24) is 24.5 Å². The van der Waals surface area contributed by atoms with Gasteiger partial charge in [-0.05, 0) is 39.0 Å². The van der Waals surface area contributed by atoms with Crippen LogP contribution in [0.5, 0.6) is 0 Å². The Bertz CT molecular complexity index is 825. The Morgan fingerprint density at radius 3 is 2.86 bits per heavy atom. The zero-order valence-electron chi connectivity index (χ0n) is 16.5. The Labute approximate surface area is 164 Å². The van der Waals surface area contributed by atoms with Gasteiger partial charge in [0, 0.05) is 51.0 Å². The van der Waals surface area contributed by atoms with Gasteiger partial charge in [0.05, 0.1) is 12.0 Å². The molecule has 0 unspecified atom stereocenters. The molecule has 2 aliphatic rings. The van der Waals surface area contributed by atoms with E-state index in [2.05, 4.69) is 15.0 Å². The zero-order chi connectivity index (χ0) is 19.7. The van der Waals surface area contributed by atoms with Crippen LogP contribution in [0.4, 0.5) is 0 Å². The van der Waals surface area contributed by atoms with Gasteiger partial charge in [0.2, 0.25) is 5.91 Å². The van der Waals surface area contributed by atoms with Gasteiger partial charge in [-0.25, -0.2) is 4.98 Å². The van der Waals surface area contributed by atoms with Crippen LogP contribution in [-0.2, 0) is 11.3 Å². The lowest BCUT2D eigenvalue weighted by molar-refractivity contribution is -0.140. The van der Waals surface area contributed by atoms with Crippen molar-refractivity contribution in [3.8, 4) is 0 Å². The van der Waals surface area contributed by atoms with Crippen molar-refractivity contribution in [3.05, 3.63) is 35.7 Å². The van der Waals surface area contributed by atoms with E-state index >= 15 is 0 Å². The predicted octanol–water partition coefficient (Wildman–Crippen LogP) is 2.03. The first kappa shape index (κ1) is 18.7. The van der Waals surface area contributed by atoms with E-state index in [0.717, 1.165) is 32.4 Å². The molecule has 8 nitrogen and oxygen atoms in total. The molecule has 8 heteroatoms. The minimum absolute atomic E-state index is 0.00161. The number of aryl methyl sites for hydroxylation is 3. The minimum atomic E-state index is -0.00161. The number of amides is 2. The molecule has 0 N–H and O–H groups in total. The summed E-state index contributed by atoms with van der Waals surface area (Å²) in [6.07, 6.45) is 8.68. The Kier molecular flexibility index (Phi) is 5.19. The Morgan fingerprint density at radius 1 is 1.29 bits per heavy atom. The highest BCUT2D eigenvalue weighted by Gasteiger charge is 2.40. The van der Waals surface area contributed by atoms with E-state index in [1.807, 2.05) is 15.7 Å². The summed E-state index contributed by atoms with van der Waals surface area (Å²) < 4.78 is 7.20. The summed E-state index contributed by atoms with van der Waals surface area (Å²) in [5.74, 6) is 1.16. The van der Waals surface area contributed by atoms with Gasteiger partial charge in [-0.15, -0.1) is 0 Å². The Balaban J connectivity index is 1.39. The Morgan fingerprint density at radius 2 is 2.14 bits per heavy atom. The molecular weight excluding hydrogens is 358 g/mol. The number of carbonyl (C=O) groups excluding carboxylic acids is 2. The van der Waals surface area contributed by atoms with Crippen molar-refractivity contribution in [1.29, 1.82) is 0 Å². The molecule has 0 bridgehead atoms. The van der Waals surface area contributed by atoms with Crippen LogP contribution < -0.4 is 0 Å². The van der Waals surface area contributed by atoms with E-state index in [-0.39, 0.29) is 17.9 Å². The highest BCUT2D eigenvalue weighted by Crippen LogP contribution is 2.32. The van der Waals surface area contributed by atoms with E-state index in [9.17, 15) is 9.59 Å². The lowest BCUT2D eigenvalue weighted by atomic mass is 9.83. The van der Waals surface area contributed by atoms with Gasteiger partial charge >= 0.3 is 0 Å². The number of hydrogen-bond donors (Lipinski definition) is 0. The summed E-state index contributed by atoms with van der Waals surface area (Å²) in [6, 6.07) is 0.234. The first-order valence-electron chi connectivity index (χ1n) is 10.0. The quantitative estimate of drug-likeness (QED) is 0.786. The fraction of sp³-hybridized carbons (Fsp3) is 0.600. The molecule has 2 amide bonds. The number of likely N-dealkylation sites (tertiary alicyclic amines) is 2. The maximum absolute atomic E-state index is 13.0. The van der Waals surface area contributed by atoms with Crippen molar-refractivity contribution in [2.45, 2.75) is 52.1 Å². The number of imidazole rings is 1. The van der Waals surface area contributed by atoms with E-state index in [1.165, 1.54) is 0 Å². The van der Waals surface area contributed by atoms with Crippen LogP contribution >= 0.6 is 0 Å². The molecule has 150 valence electrons. The summed E-state index contributed by atoms with van der Waals surface area (Å²) in [5, 5.41) is 3.91. The topological polar surface area (TPSA) is 84.5 Å². The van der Waals surface area contributed by atoms with Crippen molar-refractivity contribution >= 4 is 11.8 Å². The fourth-order valence-electron chi connectivity index (χ4n) is 4.62. The third-order valence-electron chi connectivity index (χ3n) is 6.05. The molecule has 2 saturated heterocycles. The maximum atomic E-state index is 13.0. The van der Waals surface area contributed by atoms with Gasteiger partial charge in [-0.2, -0.15) is 0 Å². The average molecular weight is 385 g/mol. The van der Waals surface area contributed by atoms with Crippen LogP contribution in [0.1, 0.15) is 47.5 Å². The van der Waals surface area contributed by atoms with Gasteiger partial charge < -0.3 is 18.9 Å². The third-order valence-corrected chi connectivity index (χ3v) is 6.05. The van der Waals surface area contributed by atoms with E-state index in [0.29, 0.717) is 42.4 Å². The number of fused-ring (bicyclic) bond motifs is 1. The van der Waals surface area contributed by atoms with E-state index in [1.54, 1.807) is 26.4 Å². The molecule has 2 aromatic heterocycles. The molecule has 4 heterocycles. The van der Waals surface area contributed by atoms with Gasteiger partial charge in [-0.3, -0.25) is 9.59 Å². The number of rotatable bonds is 5. The molecular formula is C20H27N5O3. The van der Waals surface area contributed by atoms with E-state index < -0.39 is 0 Å². The zero-order valence-corrected chi connectivity index (χ0v) is 16.5. The van der Waals surface area contributed by atoms with Crippen molar-refractivity contribution in [2.75, 3.05) is 19.6 Å². The molecule has 2 fully saturated rings. The highest BCUT2D eigenvalue weighted by molar-refractivity contribution is 5.96. The maximum Gasteiger partial charge on any atom is 0.259 e. The van der Waals surface area contributed by atoms with Gasteiger partial charge in [0.15, 0.2) is 0 Å². The number of carbonyl (C=O) groups is 2. The molecule has 2 aromatic rings. The summed E-state index contributed by atoms with van der Waals surface area (Å²) >= 11 is 0. The van der Waals surface area contributed by atoms with Crippen LogP contribution in [0, 0.1) is 19.8 Å². The molecule has 28 heavy (non-hydrogen) atoms. The standard InChI is InChI=1S/C20H27N5O3/c1-14-19(15(2)28-22-14)20(27)24-10-6-17-16(12-24)4-5-18(26)25(17)9-3-8-23-11-7-21-13-23/h7,11,13,16-17H,3-6,8-10,12H2,1-2H3/t16-,17+/m0/s1. The molecule has 2 aliphatic heterocycles. The Hall–Kier alpha value is -2.64.